The van der Waals surface area contributed by atoms with E-state index in [-0.39, 0.29) is 37.7 Å². The minimum atomic E-state index is -0.407. The molecule has 0 unspecified atom stereocenters. The molecule has 0 saturated heterocycles. The van der Waals surface area contributed by atoms with Crippen LogP contribution in [0.2, 0.25) is 0 Å². The number of urea groups is 1. The van der Waals surface area contributed by atoms with Crippen LogP contribution in [0, 0.1) is 0 Å². The summed E-state index contributed by atoms with van der Waals surface area (Å²) >= 11 is 0. The van der Waals surface area contributed by atoms with Crippen LogP contribution in [0.1, 0.15) is 0 Å². The monoisotopic (exact) mass is 130 g/mol. The van der Waals surface area contributed by atoms with E-state index in [1.807, 2.05) is 0 Å². The Kier molecular flexibility index (Phi) is 7.02. The Morgan fingerprint density at radius 1 is 1.57 bits per heavy atom. The molecular weight excluding hydrogens is 120 g/mol. The molecule has 0 atom stereocenters. The van der Waals surface area contributed by atoms with E-state index in [9.17, 15) is 4.79 Å². The van der Waals surface area contributed by atoms with E-state index in [1.165, 1.54) is 4.90 Å². The molecule has 7 heavy (non-hydrogen) atoms. The second-order valence-corrected chi connectivity index (χ2v) is 1.23. The first-order valence-electron chi connectivity index (χ1n) is 1.61. The van der Waals surface area contributed by atoms with Crippen LogP contribution < -0.4 is 5.73 Å². The van der Waals surface area contributed by atoms with E-state index in [0.717, 1.165) is 0 Å². The summed E-state index contributed by atoms with van der Waals surface area (Å²) in [5.41, 5.74) is 4.72. The molecule has 0 fully saturated rings. The van der Waals surface area contributed by atoms with Crippen LogP contribution in [0.4, 0.5) is 4.79 Å². The van der Waals surface area contributed by atoms with Crippen LogP contribution in [-0.2, 0) is 0 Å². The van der Waals surface area contributed by atoms with Crippen molar-refractivity contribution in [3.05, 3.63) is 0 Å². The molecule has 0 radical (unpaired) electrons. The van der Waals surface area contributed by atoms with Gasteiger partial charge in [0.15, 0.2) is 0 Å². The van der Waals surface area contributed by atoms with Gasteiger partial charge in [0.1, 0.15) is 0 Å². The summed E-state index contributed by atoms with van der Waals surface area (Å²) in [7, 11) is 3.20. The first-order chi connectivity index (χ1) is 2.64. The number of hydrogen-bond acceptors (Lipinski definition) is 1. The molecule has 0 aromatic heterocycles. The van der Waals surface area contributed by atoms with Crippen molar-refractivity contribution in [2.45, 2.75) is 0 Å². The Morgan fingerprint density at radius 2 is 1.71 bits per heavy atom. The van der Waals surface area contributed by atoms with E-state index in [0.29, 0.717) is 0 Å². The quantitative estimate of drug-likeness (QED) is 0.407. The molecule has 2 N–H and O–H groups in total. The summed E-state index contributed by atoms with van der Waals surface area (Å²) < 4.78 is 0. The Hall–Kier alpha value is 0.530. The van der Waals surface area contributed by atoms with Gasteiger partial charge < -0.3 is 10.6 Å². The van der Waals surface area contributed by atoms with Crippen molar-refractivity contribution in [2.24, 2.45) is 5.73 Å². The van der Waals surface area contributed by atoms with Gasteiger partial charge in [-0.2, -0.15) is 0 Å². The molecule has 0 bridgehead atoms. The molecule has 4 heteroatoms. The molecule has 0 rings (SSSR count). The standard InChI is InChI=1S/C3H8N2O.Ca.2H/c1-5(2)3(4)6;;;/h1-2H3,(H2,4,6);;;. The van der Waals surface area contributed by atoms with Crippen LogP contribution in [0.3, 0.4) is 0 Å². The van der Waals surface area contributed by atoms with Crippen LogP contribution >= 0.6 is 0 Å². The summed E-state index contributed by atoms with van der Waals surface area (Å²) in [6.07, 6.45) is 0. The fourth-order valence-corrected chi connectivity index (χ4v) is 0. The van der Waals surface area contributed by atoms with Gasteiger partial charge in [0, 0.05) is 14.1 Å². The Labute approximate surface area is 72.8 Å². The minimum absolute atomic E-state index is 0. The molecule has 0 spiro atoms. The second-order valence-electron chi connectivity index (χ2n) is 1.23. The van der Waals surface area contributed by atoms with Gasteiger partial charge in [0.2, 0.25) is 0 Å². The maximum atomic E-state index is 9.85. The van der Waals surface area contributed by atoms with Crippen molar-refractivity contribution >= 4 is 43.8 Å². The molecule has 0 aliphatic carbocycles. The van der Waals surface area contributed by atoms with Gasteiger partial charge in [-0.1, -0.05) is 0 Å². The fourth-order valence-electron chi connectivity index (χ4n) is 0. The Balaban J connectivity index is 0. The number of nitrogens with zero attached hydrogens (tertiary/aromatic N) is 1. The molecule has 0 aliphatic rings. The third kappa shape index (κ3) is 6.53. The van der Waals surface area contributed by atoms with Crippen molar-refractivity contribution in [2.75, 3.05) is 14.1 Å². The maximum absolute atomic E-state index is 9.85. The van der Waals surface area contributed by atoms with E-state index in [1.54, 1.807) is 14.1 Å². The fraction of sp³-hybridized carbons (Fsp3) is 0.667. The molecular formula is C3H10CaN2O. The van der Waals surface area contributed by atoms with E-state index in [2.05, 4.69) is 0 Å². The molecule has 40 valence electrons. The summed E-state index contributed by atoms with van der Waals surface area (Å²) in [5.74, 6) is 0. The summed E-state index contributed by atoms with van der Waals surface area (Å²) in [4.78, 5) is 11.2. The summed E-state index contributed by atoms with van der Waals surface area (Å²) in [6.45, 7) is 0. The molecule has 0 aromatic carbocycles. The van der Waals surface area contributed by atoms with Crippen molar-refractivity contribution in [3.63, 3.8) is 0 Å². The molecule has 3 nitrogen and oxygen atoms in total. The number of amides is 2. The SMILES string of the molecule is CN(C)C(N)=O.[CaH2]. The molecule has 0 heterocycles. The van der Waals surface area contributed by atoms with Gasteiger partial charge >= 0.3 is 43.8 Å². The molecule has 2 amide bonds. The number of nitrogens with two attached hydrogens (primary N) is 1. The predicted octanol–water partition coefficient (Wildman–Crippen LogP) is -1.29. The first-order valence-corrected chi connectivity index (χ1v) is 1.61. The predicted molar refractivity (Wildman–Crippen MR) is 31.8 cm³/mol. The Bertz CT molecular complexity index is 64.0. The van der Waals surface area contributed by atoms with E-state index >= 15 is 0 Å². The zero-order valence-corrected chi connectivity index (χ0v) is 3.93. The Morgan fingerprint density at radius 3 is 1.71 bits per heavy atom. The molecule has 0 aliphatic heterocycles. The number of carbonyl (C=O) groups excluding carboxylic acids is 1. The van der Waals surface area contributed by atoms with Gasteiger partial charge in [-0.25, -0.2) is 4.79 Å². The first kappa shape index (κ1) is 10.5. The van der Waals surface area contributed by atoms with Crippen molar-refractivity contribution in [1.82, 2.24) is 4.90 Å². The van der Waals surface area contributed by atoms with Gasteiger partial charge in [-0.15, -0.1) is 0 Å². The topological polar surface area (TPSA) is 46.3 Å². The number of carbonyl (C=O) groups is 1. The number of primary amides is 1. The van der Waals surface area contributed by atoms with Crippen molar-refractivity contribution < 1.29 is 4.79 Å². The van der Waals surface area contributed by atoms with E-state index < -0.39 is 6.03 Å². The van der Waals surface area contributed by atoms with Gasteiger partial charge in [0.25, 0.3) is 0 Å². The van der Waals surface area contributed by atoms with Gasteiger partial charge in [-0.3, -0.25) is 0 Å². The van der Waals surface area contributed by atoms with Crippen LogP contribution in [-0.4, -0.2) is 62.8 Å². The number of rotatable bonds is 0. The van der Waals surface area contributed by atoms with Gasteiger partial charge in [-0.05, 0) is 0 Å². The zero-order valence-electron chi connectivity index (χ0n) is 3.93. The normalized spacial score (nSPS) is 6.57. The van der Waals surface area contributed by atoms with Crippen LogP contribution in [0.25, 0.3) is 0 Å². The summed E-state index contributed by atoms with van der Waals surface area (Å²) in [5, 5.41) is 0. The third-order valence-corrected chi connectivity index (χ3v) is 0.441. The van der Waals surface area contributed by atoms with Crippen molar-refractivity contribution in [1.29, 1.82) is 0 Å². The van der Waals surface area contributed by atoms with Crippen LogP contribution in [0.5, 0.6) is 0 Å². The van der Waals surface area contributed by atoms with E-state index in [4.69, 9.17) is 5.73 Å². The second kappa shape index (κ2) is 4.68. The average Bonchev–Trinajstić information content (AvgIpc) is 1.36. The molecule has 0 aromatic rings. The van der Waals surface area contributed by atoms with Gasteiger partial charge in [0.05, 0.1) is 0 Å². The molecule has 0 saturated carbocycles. The van der Waals surface area contributed by atoms with Crippen LogP contribution in [0.15, 0.2) is 0 Å². The third-order valence-electron chi connectivity index (χ3n) is 0.441. The van der Waals surface area contributed by atoms with Crippen molar-refractivity contribution in [3.8, 4) is 0 Å². The average molecular weight is 130 g/mol. The summed E-state index contributed by atoms with van der Waals surface area (Å²) in [6, 6.07) is -0.407. The zero-order chi connectivity index (χ0) is 5.15. The number of hydrogen-bond donors (Lipinski definition) is 1.